The van der Waals surface area contributed by atoms with Gasteiger partial charge in [-0.3, -0.25) is 9.69 Å². The summed E-state index contributed by atoms with van der Waals surface area (Å²) in [4.78, 5) is 20.4. The van der Waals surface area contributed by atoms with Gasteiger partial charge in [0.2, 0.25) is 11.7 Å². The van der Waals surface area contributed by atoms with Crippen molar-refractivity contribution in [3.63, 3.8) is 0 Å². The van der Waals surface area contributed by atoms with Crippen molar-refractivity contribution in [1.82, 2.24) is 15.0 Å². The van der Waals surface area contributed by atoms with Crippen molar-refractivity contribution in [2.24, 2.45) is 5.73 Å². The third kappa shape index (κ3) is 6.07. The molecular formula is C25H32N4O5S. The molecule has 1 saturated heterocycles. The van der Waals surface area contributed by atoms with Crippen LogP contribution in [0.3, 0.4) is 0 Å². The Balaban J connectivity index is 1.45. The first-order valence-electron chi connectivity index (χ1n) is 11.8. The van der Waals surface area contributed by atoms with Gasteiger partial charge in [0, 0.05) is 23.4 Å². The molecule has 0 spiro atoms. The number of nitrogens with two attached hydrogens (primary N) is 1. The number of likely N-dealkylation sites (tertiary alicyclic amines) is 1. The number of aliphatic hydroxyl groups is 2. The molecule has 0 bridgehead atoms. The molecule has 2 aromatic heterocycles. The van der Waals surface area contributed by atoms with E-state index in [1.165, 1.54) is 23.3 Å². The number of aliphatic hydroxyl groups excluding tert-OH is 2. The van der Waals surface area contributed by atoms with E-state index in [1.54, 1.807) is 11.3 Å². The van der Waals surface area contributed by atoms with Crippen LogP contribution in [-0.4, -0.2) is 63.1 Å². The fraction of sp³-hybridized carbons (Fsp3) is 0.480. The number of nitrogens with zero attached hydrogens (tertiary/aromatic N) is 3. The quantitative estimate of drug-likeness (QED) is 0.387. The van der Waals surface area contributed by atoms with Gasteiger partial charge in [0.15, 0.2) is 0 Å². The van der Waals surface area contributed by atoms with Crippen LogP contribution < -0.4 is 10.5 Å². The lowest BCUT2D eigenvalue weighted by Gasteiger charge is -2.17. The molecule has 9 nitrogen and oxygen atoms in total. The Morgan fingerprint density at radius 3 is 2.51 bits per heavy atom. The van der Waals surface area contributed by atoms with Gasteiger partial charge in [0.25, 0.3) is 5.89 Å². The summed E-state index contributed by atoms with van der Waals surface area (Å²) in [7, 11) is 0. The number of benzene rings is 1. The van der Waals surface area contributed by atoms with Gasteiger partial charge in [-0.2, -0.15) is 4.98 Å². The summed E-state index contributed by atoms with van der Waals surface area (Å²) in [5.41, 5.74) is 8.76. The average Bonchev–Trinajstić information content (AvgIpc) is 3.55. The molecule has 35 heavy (non-hydrogen) atoms. The highest BCUT2D eigenvalue weighted by Gasteiger charge is 2.20. The number of carbonyl (C=O) groups excluding carboxylic acids is 1. The highest BCUT2D eigenvalue weighted by molar-refractivity contribution is 7.15. The second-order valence-electron chi connectivity index (χ2n) is 9.18. The van der Waals surface area contributed by atoms with Gasteiger partial charge >= 0.3 is 0 Å². The van der Waals surface area contributed by atoms with Crippen molar-refractivity contribution in [3.05, 3.63) is 39.8 Å². The maximum atomic E-state index is 11.0. The smallest absolute Gasteiger partial charge is 0.268 e. The highest BCUT2D eigenvalue weighted by Crippen LogP contribution is 2.34. The molecule has 1 fully saturated rings. The Labute approximate surface area is 208 Å². The third-order valence-electron chi connectivity index (χ3n) is 6.19. The van der Waals surface area contributed by atoms with Crippen LogP contribution in [0, 0.1) is 20.8 Å². The number of rotatable bonds is 10. The lowest BCUT2D eigenvalue weighted by molar-refractivity contribution is -0.127. The lowest BCUT2D eigenvalue weighted by Crippen LogP contribution is -2.33. The van der Waals surface area contributed by atoms with Crippen LogP contribution in [0.5, 0.6) is 5.75 Å². The summed E-state index contributed by atoms with van der Waals surface area (Å²) in [6.07, 6.45) is -0.0776. The molecule has 188 valence electrons. The Hall–Kier alpha value is -2.79. The minimum Gasteiger partial charge on any atom is -0.490 e. The fourth-order valence-corrected chi connectivity index (χ4v) is 5.43. The molecule has 1 aliphatic rings. The van der Waals surface area contributed by atoms with Crippen LogP contribution in [0.15, 0.2) is 22.7 Å². The van der Waals surface area contributed by atoms with E-state index < -0.39 is 18.1 Å². The van der Waals surface area contributed by atoms with Crippen molar-refractivity contribution in [1.29, 1.82) is 0 Å². The van der Waals surface area contributed by atoms with Crippen molar-refractivity contribution in [2.75, 3.05) is 19.7 Å². The number of hydrogen-bond acceptors (Lipinski definition) is 9. The first kappa shape index (κ1) is 25.3. The molecule has 1 aliphatic heterocycles. The van der Waals surface area contributed by atoms with E-state index in [1.807, 2.05) is 26.0 Å². The molecule has 3 heterocycles. The van der Waals surface area contributed by atoms with Gasteiger partial charge < -0.3 is 25.2 Å². The van der Waals surface area contributed by atoms with Crippen LogP contribution in [-0.2, 0) is 11.3 Å². The standard InChI is InChI=1S/C25H32N4O5S/c1-14-10-20(35-21(14)12-29-6-4-5-7-29)25-27-24(28-34-25)17-8-15(2)22(16(3)9-17)33-13-18(30)11-19(31)23(26)32/h8-10,18-19,30-31H,4-7,11-13H2,1-3H3,(H2,26,32)/t18-,19?/m0/s1. The van der Waals surface area contributed by atoms with Gasteiger partial charge in [0.1, 0.15) is 18.5 Å². The van der Waals surface area contributed by atoms with Crippen molar-refractivity contribution in [3.8, 4) is 27.9 Å². The molecule has 3 aromatic rings. The van der Waals surface area contributed by atoms with Crippen molar-refractivity contribution in [2.45, 2.75) is 58.8 Å². The number of amides is 1. The zero-order valence-corrected chi connectivity index (χ0v) is 21.1. The molecular weight excluding hydrogens is 468 g/mol. The molecule has 0 radical (unpaired) electrons. The van der Waals surface area contributed by atoms with Crippen LogP contribution in [0.2, 0.25) is 0 Å². The van der Waals surface area contributed by atoms with E-state index >= 15 is 0 Å². The number of thiophene rings is 1. The zero-order valence-electron chi connectivity index (χ0n) is 20.3. The second kappa shape index (κ2) is 10.9. The molecule has 0 saturated carbocycles. The normalized spacial score (nSPS) is 15.9. The van der Waals surface area contributed by atoms with Crippen LogP contribution in [0.1, 0.15) is 40.8 Å². The van der Waals surface area contributed by atoms with Gasteiger partial charge in [-0.1, -0.05) is 5.16 Å². The van der Waals surface area contributed by atoms with Crippen molar-refractivity contribution < 1.29 is 24.3 Å². The van der Waals surface area contributed by atoms with Gasteiger partial charge in [-0.05, 0) is 81.6 Å². The summed E-state index contributed by atoms with van der Waals surface area (Å²) in [5.74, 6) is 0.744. The first-order chi connectivity index (χ1) is 16.7. The van der Waals surface area contributed by atoms with E-state index in [0.29, 0.717) is 17.5 Å². The topological polar surface area (TPSA) is 135 Å². The van der Waals surface area contributed by atoms with E-state index in [0.717, 1.165) is 41.2 Å². The minimum absolute atomic E-state index is 0.0742. The highest BCUT2D eigenvalue weighted by atomic mass is 32.1. The summed E-state index contributed by atoms with van der Waals surface area (Å²) in [6.45, 7) is 9.12. The Bertz CT molecular complexity index is 1160. The summed E-state index contributed by atoms with van der Waals surface area (Å²) in [6, 6.07) is 5.92. The van der Waals surface area contributed by atoms with Gasteiger partial charge in [-0.15, -0.1) is 11.3 Å². The SMILES string of the molecule is Cc1cc(-c2nc(-c3cc(C)c(OC[C@@H](O)CC(O)C(N)=O)c(C)c3)no2)sc1CN1CCCC1. The van der Waals surface area contributed by atoms with Crippen LogP contribution in [0.4, 0.5) is 0 Å². The number of hydrogen-bond donors (Lipinski definition) is 3. The largest absolute Gasteiger partial charge is 0.490 e. The van der Waals surface area contributed by atoms with E-state index in [2.05, 4.69) is 28.0 Å². The van der Waals surface area contributed by atoms with E-state index in [4.69, 9.17) is 15.0 Å². The molecule has 4 rings (SSSR count). The Kier molecular flexibility index (Phi) is 7.85. The number of primary amides is 1. The monoisotopic (exact) mass is 500 g/mol. The maximum Gasteiger partial charge on any atom is 0.268 e. The Morgan fingerprint density at radius 1 is 1.17 bits per heavy atom. The van der Waals surface area contributed by atoms with E-state index in [-0.39, 0.29) is 13.0 Å². The predicted molar refractivity (Wildman–Crippen MR) is 133 cm³/mol. The molecule has 1 unspecified atom stereocenters. The predicted octanol–water partition coefficient (Wildman–Crippen LogP) is 2.96. The summed E-state index contributed by atoms with van der Waals surface area (Å²) < 4.78 is 11.4. The molecule has 1 aromatic carbocycles. The number of aromatic nitrogens is 2. The number of carbonyl (C=O) groups is 1. The molecule has 1 amide bonds. The summed E-state index contributed by atoms with van der Waals surface area (Å²) in [5, 5.41) is 23.7. The van der Waals surface area contributed by atoms with Gasteiger partial charge in [-0.25, -0.2) is 0 Å². The molecule has 10 heteroatoms. The molecule has 0 aliphatic carbocycles. The first-order valence-corrected chi connectivity index (χ1v) is 12.6. The summed E-state index contributed by atoms with van der Waals surface area (Å²) >= 11 is 1.70. The van der Waals surface area contributed by atoms with E-state index in [9.17, 15) is 15.0 Å². The number of aryl methyl sites for hydroxylation is 3. The maximum absolute atomic E-state index is 11.0. The minimum atomic E-state index is -1.41. The molecule has 2 atom stereocenters. The third-order valence-corrected chi connectivity index (χ3v) is 7.40. The van der Waals surface area contributed by atoms with Crippen molar-refractivity contribution >= 4 is 17.2 Å². The average molecular weight is 501 g/mol. The molecule has 4 N–H and O–H groups in total. The fourth-order valence-electron chi connectivity index (χ4n) is 4.30. The number of ether oxygens (including phenoxy) is 1. The Morgan fingerprint density at radius 2 is 1.86 bits per heavy atom. The van der Waals surface area contributed by atoms with Crippen LogP contribution in [0.25, 0.3) is 22.2 Å². The van der Waals surface area contributed by atoms with Gasteiger partial charge in [0.05, 0.1) is 11.0 Å². The van der Waals surface area contributed by atoms with Crippen LogP contribution >= 0.6 is 11.3 Å². The second-order valence-corrected chi connectivity index (χ2v) is 10.3. The lowest BCUT2D eigenvalue weighted by atomic mass is 10.1. The zero-order chi connectivity index (χ0) is 25.1.